The summed E-state index contributed by atoms with van der Waals surface area (Å²) in [6, 6.07) is 5.71. The maximum atomic E-state index is 13.4. The molecule has 0 bridgehead atoms. The summed E-state index contributed by atoms with van der Waals surface area (Å²) in [5.74, 6) is 0.211. The number of hydrogen-bond donors (Lipinski definition) is 0. The number of fused-ring (bicyclic) bond motifs is 1. The Balaban J connectivity index is 1.51. The van der Waals surface area contributed by atoms with Crippen molar-refractivity contribution in [2.24, 2.45) is 0 Å². The quantitative estimate of drug-likeness (QED) is 0.404. The lowest BCUT2D eigenvalue weighted by atomic mass is 10.2. The summed E-state index contributed by atoms with van der Waals surface area (Å²) in [4.78, 5) is 19.3. The van der Waals surface area contributed by atoms with Gasteiger partial charge in [0.2, 0.25) is 0 Å². The van der Waals surface area contributed by atoms with Gasteiger partial charge >= 0.3 is 6.09 Å². The molecule has 2 fully saturated rings. The molecule has 35 heavy (non-hydrogen) atoms. The first-order chi connectivity index (χ1) is 16.8. The van der Waals surface area contributed by atoms with Gasteiger partial charge in [-0.25, -0.2) is 19.1 Å². The van der Waals surface area contributed by atoms with Gasteiger partial charge in [0.05, 0.1) is 17.4 Å². The maximum Gasteiger partial charge on any atom is 0.421 e. The number of anilines is 2. The van der Waals surface area contributed by atoms with Crippen LogP contribution in [0.4, 0.5) is 16.4 Å². The number of amides is 1. The first kappa shape index (κ1) is 24.2. The lowest BCUT2D eigenvalue weighted by molar-refractivity contribution is -0.0410. The maximum absolute atomic E-state index is 13.4. The van der Waals surface area contributed by atoms with Crippen LogP contribution < -0.4 is 4.90 Å². The van der Waals surface area contributed by atoms with Crippen LogP contribution in [0.15, 0.2) is 29.1 Å². The molecule has 2 atom stereocenters. The summed E-state index contributed by atoms with van der Waals surface area (Å²) in [5, 5.41) is 10.1. The number of nitrogens with zero attached hydrogens (tertiary/aromatic N) is 6. The van der Waals surface area contributed by atoms with Gasteiger partial charge in [-0.15, -0.1) is 5.10 Å². The summed E-state index contributed by atoms with van der Waals surface area (Å²) in [6.07, 6.45) is 6.97. The number of halogens is 1. The largest absolute Gasteiger partial charge is 0.443 e. The summed E-state index contributed by atoms with van der Waals surface area (Å²) >= 11 is 3.49. The van der Waals surface area contributed by atoms with E-state index in [1.165, 1.54) is 4.90 Å². The second-order valence-corrected chi connectivity index (χ2v) is 10.6. The van der Waals surface area contributed by atoms with Crippen molar-refractivity contribution < 1.29 is 19.0 Å². The van der Waals surface area contributed by atoms with Crippen molar-refractivity contribution in [1.29, 1.82) is 0 Å². The molecule has 2 aliphatic rings. The molecule has 2 saturated heterocycles. The zero-order chi connectivity index (χ0) is 24.6. The molecule has 2 unspecified atom stereocenters. The highest BCUT2D eigenvalue weighted by Gasteiger charge is 2.31. The molecule has 5 rings (SSSR count). The summed E-state index contributed by atoms with van der Waals surface area (Å²) in [7, 11) is 0. The van der Waals surface area contributed by atoms with Crippen LogP contribution in [0.3, 0.4) is 0 Å². The van der Waals surface area contributed by atoms with E-state index in [-0.39, 0.29) is 18.4 Å². The molecule has 1 amide bonds. The first-order valence-electron chi connectivity index (χ1n) is 12.2. The van der Waals surface area contributed by atoms with Crippen LogP contribution in [0.2, 0.25) is 0 Å². The molecular weight excluding hydrogens is 516 g/mol. The summed E-state index contributed by atoms with van der Waals surface area (Å²) < 4.78 is 21.6. The molecule has 1 aromatic carbocycles. The Morgan fingerprint density at radius 1 is 1.09 bits per heavy atom. The van der Waals surface area contributed by atoms with Crippen molar-refractivity contribution in [2.75, 3.05) is 18.1 Å². The Labute approximate surface area is 212 Å². The second kappa shape index (κ2) is 9.87. The zero-order valence-corrected chi connectivity index (χ0v) is 21.9. The molecule has 0 spiro atoms. The van der Waals surface area contributed by atoms with Gasteiger partial charge in [0.25, 0.3) is 5.95 Å². The van der Waals surface area contributed by atoms with Crippen molar-refractivity contribution in [1.82, 2.24) is 24.5 Å². The predicted octanol–water partition coefficient (Wildman–Crippen LogP) is 5.86. The minimum Gasteiger partial charge on any atom is -0.443 e. The average Bonchev–Trinajstić information content (AvgIpc) is 3.42. The van der Waals surface area contributed by atoms with Gasteiger partial charge < -0.3 is 14.2 Å². The van der Waals surface area contributed by atoms with E-state index in [0.29, 0.717) is 17.0 Å². The fourth-order valence-corrected chi connectivity index (χ4v) is 4.89. The molecular formula is C24H31BrN6O4. The number of benzene rings is 1. The van der Waals surface area contributed by atoms with E-state index in [0.717, 1.165) is 56.0 Å². The minimum absolute atomic E-state index is 0.0714. The number of hydrogen-bond acceptors (Lipinski definition) is 7. The lowest BCUT2D eigenvalue weighted by Crippen LogP contribution is -2.34. The lowest BCUT2D eigenvalue weighted by Gasteiger charge is -2.26. The standard InChI is InChI=1S/C24H31BrN6O4/c1-24(2,3)35-23(32)29(22-27-21(25)31(28-22)20-9-5-7-13-34-20)17-10-11-18-16(14-17)15-26-30(18)19-8-4-6-12-33-19/h10-11,14-15,19-20H,4-9,12-13H2,1-3H3. The van der Waals surface area contributed by atoms with Gasteiger partial charge in [0.1, 0.15) is 5.60 Å². The monoisotopic (exact) mass is 546 g/mol. The third-order valence-corrected chi connectivity index (χ3v) is 6.59. The topological polar surface area (TPSA) is 96.5 Å². The van der Waals surface area contributed by atoms with Crippen LogP contribution >= 0.6 is 15.9 Å². The van der Waals surface area contributed by atoms with Gasteiger partial charge in [0.15, 0.2) is 17.2 Å². The van der Waals surface area contributed by atoms with Crippen LogP contribution in [-0.4, -0.2) is 49.5 Å². The molecule has 11 heteroatoms. The number of carbonyl (C=O) groups is 1. The average molecular weight is 547 g/mol. The normalized spacial score (nSPS) is 21.3. The highest BCUT2D eigenvalue weighted by Crippen LogP contribution is 2.33. The molecule has 0 aliphatic carbocycles. The molecule has 0 N–H and O–H groups in total. The molecule has 3 aromatic rings. The smallest absolute Gasteiger partial charge is 0.421 e. The first-order valence-corrected chi connectivity index (χ1v) is 12.9. The van der Waals surface area contributed by atoms with Crippen molar-refractivity contribution in [3.8, 4) is 0 Å². The highest BCUT2D eigenvalue weighted by molar-refractivity contribution is 9.10. The third-order valence-electron chi connectivity index (χ3n) is 6.05. The molecule has 4 heterocycles. The van der Waals surface area contributed by atoms with Crippen molar-refractivity contribution >= 4 is 44.6 Å². The molecule has 2 aliphatic heterocycles. The van der Waals surface area contributed by atoms with E-state index in [4.69, 9.17) is 14.2 Å². The zero-order valence-electron chi connectivity index (χ0n) is 20.3. The number of ether oxygens (including phenoxy) is 3. The second-order valence-electron chi connectivity index (χ2n) is 9.92. The predicted molar refractivity (Wildman–Crippen MR) is 134 cm³/mol. The van der Waals surface area contributed by atoms with E-state index >= 15 is 0 Å². The van der Waals surface area contributed by atoms with Crippen LogP contribution in [0.25, 0.3) is 10.9 Å². The minimum atomic E-state index is -0.686. The van der Waals surface area contributed by atoms with E-state index in [9.17, 15) is 4.79 Å². The van der Waals surface area contributed by atoms with Crippen LogP contribution in [0.5, 0.6) is 0 Å². The van der Waals surface area contributed by atoms with Gasteiger partial charge in [0, 0.05) is 18.6 Å². The third kappa shape index (κ3) is 5.22. The van der Waals surface area contributed by atoms with Gasteiger partial charge in [-0.05, 0) is 93.4 Å². The molecule has 188 valence electrons. The SMILES string of the molecule is CC(C)(C)OC(=O)N(c1ccc2c(cnn2C2CCCCO2)c1)c1nc(Br)n(C2CCCCO2)n1. The van der Waals surface area contributed by atoms with Crippen LogP contribution in [0, 0.1) is 0 Å². The van der Waals surface area contributed by atoms with E-state index in [1.807, 2.05) is 43.7 Å². The fourth-order valence-electron chi connectivity index (χ4n) is 4.42. The van der Waals surface area contributed by atoms with E-state index in [1.54, 1.807) is 10.9 Å². The van der Waals surface area contributed by atoms with Gasteiger partial charge in [-0.1, -0.05) is 0 Å². The van der Waals surface area contributed by atoms with Crippen molar-refractivity contribution in [3.63, 3.8) is 0 Å². The Hall–Kier alpha value is -2.50. The van der Waals surface area contributed by atoms with Crippen LogP contribution in [-0.2, 0) is 14.2 Å². The van der Waals surface area contributed by atoms with E-state index < -0.39 is 11.7 Å². The van der Waals surface area contributed by atoms with Crippen molar-refractivity contribution in [2.45, 2.75) is 77.4 Å². The number of rotatable bonds is 4. The van der Waals surface area contributed by atoms with Gasteiger partial charge in [-0.3, -0.25) is 0 Å². The van der Waals surface area contributed by atoms with Gasteiger partial charge in [-0.2, -0.15) is 10.1 Å². The molecule has 2 aromatic heterocycles. The highest BCUT2D eigenvalue weighted by atomic mass is 79.9. The summed E-state index contributed by atoms with van der Waals surface area (Å²) in [5.41, 5.74) is 0.847. The van der Waals surface area contributed by atoms with Crippen molar-refractivity contribution in [3.05, 3.63) is 29.1 Å². The Bertz CT molecular complexity index is 1190. The van der Waals surface area contributed by atoms with Crippen LogP contribution in [0.1, 0.15) is 71.8 Å². The fraction of sp³-hybridized carbons (Fsp3) is 0.583. The Kier molecular flexibility index (Phi) is 6.82. The number of carbonyl (C=O) groups excluding carboxylic acids is 1. The van der Waals surface area contributed by atoms with E-state index in [2.05, 4.69) is 31.1 Å². The Morgan fingerprint density at radius 2 is 1.77 bits per heavy atom. The molecule has 10 nitrogen and oxygen atoms in total. The number of aromatic nitrogens is 5. The molecule has 0 radical (unpaired) electrons. The molecule has 0 saturated carbocycles. The summed E-state index contributed by atoms with van der Waals surface area (Å²) in [6.45, 7) is 6.91. The Morgan fingerprint density at radius 3 is 2.40 bits per heavy atom.